The lowest BCUT2D eigenvalue weighted by Crippen LogP contribution is -2.32. The molecule has 0 aliphatic carbocycles. The molecule has 0 saturated carbocycles. The van der Waals surface area contributed by atoms with Gasteiger partial charge in [0.2, 0.25) is 0 Å². The highest BCUT2D eigenvalue weighted by Gasteiger charge is 2.37. The monoisotopic (exact) mass is 551 g/mol. The maximum Gasteiger partial charge on any atom is 0.261 e. The third-order valence-electron chi connectivity index (χ3n) is 7.18. The van der Waals surface area contributed by atoms with Crippen LogP contribution in [0.1, 0.15) is 45.6 Å². The van der Waals surface area contributed by atoms with E-state index in [1.54, 1.807) is 25.0 Å². The van der Waals surface area contributed by atoms with Gasteiger partial charge < -0.3 is 25.4 Å². The van der Waals surface area contributed by atoms with E-state index in [9.17, 15) is 9.59 Å². The normalized spacial score (nSPS) is 14.1. The van der Waals surface area contributed by atoms with Crippen molar-refractivity contribution in [3.63, 3.8) is 0 Å². The number of carbonyl (C=O) groups excluding carboxylic acids is 2. The second-order valence-corrected chi connectivity index (χ2v) is 10.1. The summed E-state index contributed by atoms with van der Waals surface area (Å²) in [6.07, 6.45) is 1.50. The number of amides is 2. The molecule has 3 aromatic carbocycles. The number of nitrogens with one attached hydrogen (secondary N) is 3. The molecule has 3 N–H and O–H groups in total. The van der Waals surface area contributed by atoms with Crippen LogP contribution < -0.4 is 25.4 Å². The number of hydrogen-bond acceptors (Lipinski definition) is 6. The van der Waals surface area contributed by atoms with Gasteiger partial charge >= 0.3 is 0 Å². The Morgan fingerprint density at radius 3 is 2.29 bits per heavy atom. The second kappa shape index (κ2) is 11.2. The van der Waals surface area contributed by atoms with Gasteiger partial charge in [-0.1, -0.05) is 47.5 Å². The smallest absolute Gasteiger partial charge is 0.261 e. The lowest BCUT2D eigenvalue weighted by atomic mass is 9.93. The van der Waals surface area contributed by atoms with Crippen LogP contribution >= 0.6 is 0 Å². The second-order valence-electron chi connectivity index (χ2n) is 10.1. The molecule has 1 aliphatic heterocycles. The Hall–Kier alpha value is -5.05. The molecule has 2 amide bonds. The van der Waals surface area contributed by atoms with Crippen molar-refractivity contribution in [2.24, 2.45) is 0 Å². The molecule has 5 rings (SSSR count). The first-order chi connectivity index (χ1) is 19.7. The van der Waals surface area contributed by atoms with Crippen LogP contribution in [0.3, 0.4) is 0 Å². The van der Waals surface area contributed by atoms with Crippen molar-refractivity contribution < 1.29 is 19.1 Å². The molecule has 0 unspecified atom stereocenters. The zero-order chi connectivity index (χ0) is 29.3. The van der Waals surface area contributed by atoms with Crippen molar-refractivity contribution in [2.75, 3.05) is 30.2 Å². The van der Waals surface area contributed by atoms with E-state index in [2.05, 4.69) is 21.0 Å². The number of carbonyl (C=O) groups is 2. The minimum atomic E-state index is -0.719. The number of hydrogen-bond donors (Lipinski definition) is 3. The SMILES string of the molecule is COc1cccc([C@@H]2C(C(=O)Nc3ccc(C)cc3C)=C(C)Nc3c(C(=O)Nc4ccc(C)cc4)cnn32)c1OC. The molecule has 9 nitrogen and oxygen atoms in total. The Kier molecular flexibility index (Phi) is 7.52. The zero-order valence-electron chi connectivity index (χ0n) is 24.0. The quantitative estimate of drug-likeness (QED) is 0.260. The zero-order valence-corrected chi connectivity index (χ0v) is 24.0. The molecule has 9 heteroatoms. The van der Waals surface area contributed by atoms with Crippen molar-refractivity contribution >= 4 is 29.0 Å². The summed E-state index contributed by atoms with van der Waals surface area (Å²) in [5.74, 6) is 0.823. The Balaban J connectivity index is 1.60. The average molecular weight is 552 g/mol. The van der Waals surface area contributed by atoms with Gasteiger partial charge in [0.25, 0.3) is 11.8 Å². The van der Waals surface area contributed by atoms with E-state index in [0.717, 1.165) is 16.7 Å². The summed E-state index contributed by atoms with van der Waals surface area (Å²) in [4.78, 5) is 27.4. The molecule has 0 saturated heterocycles. The maximum atomic E-state index is 14.0. The first-order valence-corrected chi connectivity index (χ1v) is 13.2. The van der Waals surface area contributed by atoms with Gasteiger partial charge in [-0.15, -0.1) is 0 Å². The molecular weight excluding hydrogens is 518 g/mol. The molecule has 1 aromatic heterocycles. The highest BCUT2D eigenvalue weighted by atomic mass is 16.5. The number of rotatable bonds is 7. The van der Waals surface area contributed by atoms with Gasteiger partial charge in [-0.25, -0.2) is 4.68 Å². The van der Waals surface area contributed by atoms with Crippen molar-refractivity contribution in [1.82, 2.24) is 9.78 Å². The fraction of sp³-hybridized carbons (Fsp3) is 0.219. The van der Waals surface area contributed by atoms with Gasteiger partial charge in [-0.05, 0) is 57.5 Å². The molecule has 2 heterocycles. The first kappa shape index (κ1) is 27.5. The summed E-state index contributed by atoms with van der Waals surface area (Å²) in [6, 6.07) is 18.2. The van der Waals surface area contributed by atoms with Crippen molar-refractivity contribution in [2.45, 2.75) is 33.7 Å². The highest BCUT2D eigenvalue weighted by molar-refractivity contribution is 6.09. The van der Waals surface area contributed by atoms with Crippen LogP contribution in [0.4, 0.5) is 17.2 Å². The van der Waals surface area contributed by atoms with Crippen LogP contribution in [-0.2, 0) is 4.79 Å². The minimum absolute atomic E-state index is 0.302. The predicted octanol–water partition coefficient (Wildman–Crippen LogP) is 6.01. The largest absolute Gasteiger partial charge is 0.493 e. The van der Waals surface area contributed by atoms with Crippen molar-refractivity contribution in [3.8, 4) is 11.5 Å². The van der Waals surface area contributed by atoms with E-state index >= 15 is 0 Å². The molecule has 1 atom stereocenters. The molecule has 0 radical (unpaired) electrons. The number of benzene rings is 3. The molecule has 0 spiro atoms. The predicted molar refractivity (Wildman–Crippen MR) is 160 cm³/mol. The van der Waals surface area contributed by atoms with Crippen LogP contribution in [0.5, 0.6) is 11.5 Å². The summed E-state index contributed by atoms with van der Waals surface area (Å²) in [5, 5.41) is 13.9. The molecule has 1 aliphatic rings. The fourth-order valence-corrected chi connectivity index (χ4v) is 5.11. The Morgan fingerprint density at radius 1 is 0.878 bits per heavy atom. The third-order valence-corrected chi connectivity index (χ3v) is 7.18. The van der Waals surface area contributed by atoms with Crippen molar-refractivity contribution in [3.05, 3.63) is 106 Å². The van der Waals surface area contributed by atoms with Crippen molar-refractivity contribution in [1.29, 1.82) is 0 Å². The van der Waals surface area contributed by atoms with Gasteiger partial charge in [0, 0.05) is 22.6 Å². The van der Waals surface area contributed by atoms with Crippen LogP contribution in [0, 0.1) is 20.8 Å². The molecule has 0 bridgehead atoms. The van der Waals surface area contributed by atoms with E-state index in [0.29, 0.717) is 51.1 Å². The number of ether oxygens (including phenoxy) is 2. The molecular formula is C32H33N5O4. The third kappa shape index (κ3) is 5.26. The number of allylic oxidation sites excluding steroid dienone is 1. The van der Waals surface area contributed by atoms with Crippen LogP contribution in [-0.4, -0.2) is 35.8 Å². The number of fused-ring (bicyclic) bond motifs is 1. The van der Waals surface area contributed by atoms with E-state index in [4.69, 9.17) is 9.47 Å². The molecule has 41 heavy (non-hydrogen) atoms. The van der Waals surface area contributed by atoms with Gasteiger partial charge in [-0.3, -0.25) is 9.59 Å². The van der Waals surface area contributed by atoms with Gasteiger partial charge in [0.1, 0.15) is 17.4 Å². The van der Waals surface area contributed by atoms with E-state index in [-0.39, 0.29) is 11.8 Å². The van der Waals surface area contributed by atoms with E-state index < -0.39 is 6.04 Å². The molecule has 4 aromatic rings. The first-order valence-electron chi connectivity index (χ1n) is 13.2. The topological polar surface area (TPSA) is 107 Å². The fourth-order valence-electron chi connectivity index (χ4n) is 5.11. The number of aryl methyl sites for hydroxylation is 3. The average Bonchev–Trinajstić information content (AvgIpc) is 3.38. The van der Waals surface area contributed by atoms with Gasteiger partial charge in [0.15, 0.2) is 11.5 Å². The highest BCUT2D eigenvalue weighted by Crippen LogP contribution is 2.44. The van der Waals surface area contributed by atoms with Gasteiger partial charge in [-0.2, -0.15) is 5.10 Å². The number of para-hydroxylation sites is 1. The summed E-state index contributed by atoms with van der Waals surface area (Å²) in [6.45, 7) is 7.76. The Bertz CT molecular complexity index is 1670. The molecule has 210 valence electrons. The van der Waals surface area contributed by atoms with Crippen LogP contribution in [0.2, 0.25) is 0 Å². The molecule has 0 fully saturated rings. The lowest BCUT2D eigenvalue weighted by molar-refractivity contribution is -0.113. The Labute approximate surface area is 239 Å². The number of anilines is 3. The maximum absolute atomic E-state index is 14.0. The summed E-state index contributed by atoms with van der Waals surface area (Å²) in [7, 11) is 3.12. The number of nitrogens with zero attached hydrogens (tertiary/aromatic N) is 2. The summed E-state index contributed by atoms with van der Waals surface area (Å²) < 4.78 is 13.0. The van der Waals surface area contributed by atoms with Crippen LogP contribution in [0.25, 0.3) is 0 Å². The number of methoxy groups -OCH3 is 2. The van der Waals surface area contributed by atoms with E-state index in [1.807, 2.05) is 82.3 Å². The summed E-state index contributed by atoms with van der Waals surface area (Å²) in [5.41, 5.74) is 6.54. The van der Waals surface area contributed by atoms with E-state index in [1.165, 1.54) is 6.20 Å². The van der Waals surface area contributed by atoms with Crippen LogP contribution in [0.15, 0.2) is 78.1 Å². The standard InChI is InChI=1S/C32H33N5O4/c1-18-10-13-22(14-11-18)35-31(38)24-17-33-37-28(23-8-7-9-26(40-5)29(23)41-6)27(21(4)34-30(24)37)32(39)36-25-15-12-19(2)16-20(25)3/h7-17,28,34H,1-6H3,(H,35,38)(H,36,39)/t28-/m1/s1. The Morgan fingerprint density at radius 2 is 1.61 bits per heavy atom. The lowest BCUT2D eigenvalue weighted by Gasteiger charge is -2.31. The number of aromatic nitrogens is 2. The summed E-state index contributed by atoms with van der Waals surface area (Å²) >= 11 is 0. The van der Waals surface area contributed by atoms with Gasteiger partial charge in [0.05, 0.1) is 26.0 Å². The minimum Gasteiger partial charge on any atom is -0.493 e.